The summed E-state index contributed by atoms with van der Waals surface area (Å²) in [6, 6.07) is 2.19. The van der Waals surface area contributed by atoms with Crippen molar-refractivity contribution in [3.63, 3.8) is 0 Å². The van der Waals surface area contributed by atoms with Crippen molar-refractivity contribution in [3.05, 3.63) is 0 Å². The van der Waals surface area contributed by atoms with Crippen LogP contribution in [0, 0.1) is 17.2 Å². The molecular formula is C6H8N2. The minimum atomic E-state index is 0.194. The maximum atomic E-state index is 8.37. The summed E-state index contributed by atoms with van der Waals surface area (Å²) in [5, 5.41) is 8.37. The summed E-state index contributed by atoms with van der Waals surface area (Å²) in [4.78, 5) is 3.98. The van der Waals surface area contributed by atoms with Crippen LogP contribution in [-0.2, 0) is 0 Å². The summed E-state index contributed by atoms with van der Waals surface area (Å²) >= 11 is 0. The molecule has 0 fully saturated rings. The van der Waals surface area contributed by atoms with Gasteiger partial charge in [0.05, 0.1) is 18.5 Å². The van der Waals surface area contributed by atoms with Gasteiger partial charge < -0.3 is 0 Å². The second-order valence-corrected chi connectivity index (χ2v) is 1.95. The summed E-state index contributed by atoms with van der Waals surface area (Å²) < 4.78 is 0. The molecule has 0 radical (unpaired) electrons. The lowest BCUT2D eigenvalue weighted by Gasteiger charge is -2.06. The van der Waals surface area contributed by atoms with Crippen LogP contribution in [0.1, 0.15) is 12.8 Å². The summed E-state index contributed by atoms with van der Waals surface area (Å²) in [6.45, 7) is 0.719. The van der Waals surface area contributed by atoms with Crippen molar-refractivity contribution < 1.29 is 0 Å². The third kappa shape index (κ3) is 1.06. The summed E-state index contributed by atoms with van der Waals surface area (Å²) in [5.41, 5.74) is 0. The molecule has 1 atom stereocenters. The van der Waals surface area contributed by atoms with Crippen LogP contribution in [0.2, 0.25) is 0 Å². The average Bonchev–Trinajstić information content (AvgIpc) is 1.90. The summed E-state index contributed by atoms with van der Waals surface area (Å²) in [6.07, 6.45) is 3.88. The number of hydrogen-bond donors (Lipinski definition) is 0. The second kappa shape index (κ2) is 2.46. The van der Waals surface area contributed by atoms with Gasteiger partial charge in [0.2, 0.25) is 0 Å². The maximum absolute atomic E-state index is 8.37. The second-order valence-electron chi connectivity index (χ2n) is 1.95. The van der Waals surface area contributed by atoms with Gasteiger partial charge in [-0.15, -0.1) is 0 Å². The molecule has 0 aromatic carbocycles. The molecule has 1 unspecified atom stereocenters. The molecule has 0 aliphatic carbocycles. The SMILES string of the molecule is N#CC1CCC=NC1. The van der Waals surface area contributed by atoms with Crippen molar-refractivity contribution in [2.75, 3.05) is 6.54 Å². The first kappa shape index (κ1) is 5.30. The average molecular weight is 108 g/mol. The van der Waals surface area contributed by atoms with Gasteiger partial charge in [0, 0.05) is 0 Å². The van der Waals surface area contributed by atoms with E-state index in [1.54, 1.807) is 0 Å². The van der Waals surface area contributed by atoms with Gasteiger partial charge in [-0.05, 0) is 19.1 Å². The van der Waals surface area contributed by atoms with E-state index in [9.17, 15) is 0 Å². The first-order chi connectivity index (χ1) is 3.93. The van der Waals surface area contributed by atoms with E-state index in [-0.39, 0.29) is 5.92 Å². The van der Waals surface area contributed by atoms with Gasteiger partial charge >= 0.3 is 0 Å². The van der Waals surface area contributed by atoms with Gasteiger partial charge in [-0.1, -0.05) is 0 Å². The first-order valence-electron chi connectivity index (χ1n) is 2.81. The molecule has 8 heavy (non-hydrogen) atoms. The number of rotatable bonds is 0. The zero-order chi connectivity index (χ0) is 5.82. The fourth-order valence-electron chi connectivity index (χ4n) is 0.765. The Kier molecular flexibility index (Phi) is 1.63. The highest BCUT2D eigenvalue weighted by molar-refractivity contribution is 5.58. The molecule has 2 heteroatoms. The Morgan fingerprint density at radius 1 is 1.75 bits per heavy atom. The van der Waals surface area contributed by atoms with Crippen molar-refractivity contribution in [2.24, 2.45) is 10.9 Å². The van der Waals surface area contributed by atoms with E-state index in [1.807, 2.05) is 6.21 Å². The molecule has 0 N–H and O–H groups in total. The molecule has 0 amide bonds. The molecular weight excluding hydrogens is 100 g/mol. The van der Waals surface area contributed by atoms with Gasteiger partial charge in [-0.2, -0.15) is 5.26 Å². The molecule has 1 rings (SSSR count). The molecule has 1 aliphatic heterocycles. The molecule has 0 saturated heterocycles. The van der Waals surface area contributed by atoms with Crippen LogP contribution >= 0.6 is 0 Å². The summed E-state index contributed by atoms with van der Waals surface area (Å²) in [7, 11) is 0. The molecule has 2 nitrogen and oxygen atoms in total. The predicted octanol–water partition coefficient (Wildman–Crippen LogP) is 0.991. The Hall–Kier alpha value is -0.840. The third-order valence-corrected chi connectivity index (χ3v) is 1.28. The van der Waals surface area contributed by atoms with Crippen LogP contribution in [0.15, 0.2) is 4.99 Å². The van der Waals surface area contributed by atoms with Crippen LogP contribution < -0.4 is 0 Å². The van der Waals surface area contributed by atoms with Crippen LogP contribution in [0.4, 0.5) is 0 Å². The highest BCUT2D eigenvalue weighted by Crippen LogP contribution is 2.07. The van der Waals surface area contributed by atoms with Crippen molar-refractivity contribution in [1.29, 1.82) is 5.26 Å². The molecule has 0 aromatic heterocycles. The highest BCUT2D eigenvalue weighted by atomic mass is 14.7. The van der Waals surface area contributed by atoms with E-state index >= 15 is 0 Å². The van der Waals surface area contributed by atoms with Crippen molar-refractivity contribution in [3.8, 4) is 6.07 Å². The molecule has 0 bridgehead atoms. The monoisotopic (exact) mass is 108 g/mol. The number of nitrogens with zero attached hydrogens (tertiary/aromatic N) is 2. The topological polar surface area (TPSA) is 36.1 Å². The number of nitriles is 1. The van der Waals surface area contributed by atoms with E-state index < -0.39 is 0 Å². The fourth-order valence-corrected chi connectivity index (χ4v) is 0.765. The van der Waals surface area contributed by atoms with Gasteiger partial charge in [-0.3, -0.25) is 4.99 Å². The molecule has 1 heterocycles. The Balaban J connectivity index is 2.41. The van der Waals surface area contributed by atoms with E-state index in [0.29, 0.717) is 0 Å². The van der Waals surface area contributed by atoms with Gasteiger partial charge in [0.25, 0.3) is 0 Å². The third-order valence-electron chi connectivity index (χ3n) is 1.28. The van der Waals surface area contributed by atoms with Crippen LogP contribution in [0.25, 0.3) is 0 Å². The Morgan fingerprint density at radius 3 is 3.00 bits per heavy atom. The van der Waals surface area contributed by atoms with E-state index in [2.05, 4.69) is 11.1 Å². The normalized spacial score (nSPS) is 27.1. The standard InChI is InChI=1S/C6H8N2/c7-4-6-2-1-3-8-5-6/h3,6H,1-2,5H2. The minimum Gasteiger partial charge on any atom is -0.296 e. The fraction of sp³-hybridized carbons (Fsp3) is 0.667. The molecule has 42 valence electrons. The number of hydrogen-bond acceptors (Lipinski definition) is 2. The van der Waals surface area contributed by atoms with E-state index in [0.717, 1.165) is 19.4 Å². The highest BCUT2D eigenvalue weighted by Gasteiger charge is 2.07. The van der Waals surface area contributed by atoms with E-state index in [4.69, 9.17) is 5.26 Å². The van der Waals surface area contributed by atoms with Gasteiger partial charge in [0.1, 0.15) is 0 Å². The lowest BCUT2D eigenvalue weighted by molar-refractivity contribution is 0.613. The molecule has 0 spiro atoms. The Labute approximate surface area is 48.8 Å². The van der Waals surface area contributed by atoms with E-state index in [1.165, 1.54) is 0 Å². The lowest BCUT2D eigenvalue weighted by atomic mass is 10.0. The van der Waals surface area contributed by atoms with Gasteiger partial charge in [-0.25, -0.2) is 0 Å². The van der Waals surface area contributed by atoms with Crippen LogP contribution in [0.5, 0.6) is 0 Å². The van der Waals surface area contributed by atoms with Crippen LogP contribution in [-0.4, -0.2) is 12.8 Å². The maximum Gasteiger partial charge on any atom is 0.0675 e. The van der Waals surface area contributed by atoms with Crippen molar-refractivity contribution >= 4 is 6.21 Å². The molecule has 0 saturated carbocycles. The minimum absolute atomic E-state index is 0.194. The number of aliphatic imine (C=N–C) groups is 1. The zero-order valence-electron chi connectivity index (χ0n) is 4.67. The Bertz CT molecular complexity index is 132. The first-order valence-corrected chi connectivity index (χ1v) is 2.81. The lowest BCUT2D eigenvalue weighted by Crippen LogP contribution is -2.06. The zero-order valence-corrected chi connectivity index (χ0v) is 4.67. The smallest absolute Gasteiger partial charge is 0.0675 e. The van der Waals surface area contributed by atoms with Crippen molar-refractivity contribution in [1.82, 2.24) is 0 Å². The molecule has 1 aliphatic rings. The summed E-state index contributed by atoms with van der Waals surface area (Å²) in [5.74, 6) is 0.194. The molecule has 0 aromatic rings. The quantitative estimate of drug-likeness (QED) is 0.456. The van der Waals surface area contributed by atoms with Crippen LogP contribution in [0.3, 0.4) is 0 Å². The van der Waals surface area contributed by atoms with Gasteiger partial charge in [0.15, 0.2) is 0 Å². The Morgan fingerprint density at radius 2 is 2.62 bits per heavy atom. The largest absolute Gasteiger partial charge is 0.296 e. The van der Waals surface area contributed by atoms with Crippen molar-refractivity contribution in [2.45, 2.75) is 12.8 Å². The predicted molar refractivity (Wildman–Crippen MR) is 31.7 cm³/mol.